The lowest BCUT2D eigenvalue weighted by molar-refractivity contribution is -0.124. The number of methoxy groups -OCH3 is 1. The number of rotatable bonds is 5. The Morgan fingerprint density at radius 2 is 2.14 bits per heavy atom. The Morgan fingerprint density at radius 1 is 1.41 bits per heavy atom. The van der Waals surface area contributed by atoms with Gasteiger partial charge in [0.15, 0.2) is 18.1 Å². The van der Waals surface area contributed by atoms with Crippen LogP contribution in [0.4, 0.5) is 0 Å². The van der Waals surface area contributed by atoms with Crippen molar-refractivity contribution in [3.05, 3.63) is 22.7 Å². The first-order valence-corrected chi connectivity index (χ1v) is 7.71. The first-order chi connectivity index (χ1) is 10.6. The van der Waals surface area contributed by atoms with E-state index in [4.69, 9.17) is 26.3 Å². The minimum Gasteiger partial charge on any atom is -0.493 e. The van der Waals surface area contributed by atoms with Gasteiger partial charge >= 0.3 is 0 Å². The van der Waals surface area contributed by atoms with Gasteiger partial charge in [0.25, 0.3) is 5.91 Å². The highest BCUT2D eigenvalue weighted by Gasteiger charge is 2.17. The third-order valence-electron chi connectivity index (χ3n) is 3.68. The van der Waals surface area contributed by atoms with Crippen molar-refractivity contribution in [1.29, 1.82) is 5.26 Å². The zero-order chi connectivity index (χ0) is 15.9. The lowest BCUT2D eigenvalue weighted by Gasteiger charge is -2.22. The van der Waals surface area contributed by atoms with Crippen molar-refractivity contribution in [1.82, 2.24) is 5.32 Å². The van der Waals surface area contributed by atoms with Gasteiger partial charge in [0.1, 0.15) is 0 Å². The molecule has 1 aliphatic carbocycles. The summed E-state index contributed by atoms with van der Waals surface area (Å²) in [6, 6.07) is 5.24. The van der Waals surface area contributed by atoms with E-state index in [2.05, 4.69) is 5.32 Å². The van der Waals surface area contributed by atoms with E-state index in [0.717, 1.165) is 25.7 Å². The second-order valence-electron chi connectivity index (χ2n) is 5.29. The van der Waals surface area contributed by atoms with Gasteiger partial charge in [0.05, 0.1) is 23.8 Å². The lowest BCUT2D eigenvalue weighted by Crippen LogP contribution is -2.39. The van der Waals surface area contributed by atoms with Crippen molar-refractivity contribution in [2.24, 2.45) is 0 Å². The number of hydrogen-bond acceptors (Lipinski definition) is 4. The summed E-state index contributed by atoms with van der Waals surface area (Å²) in [6.45, 7) is -0.127. The summed E-state index contributed by atoms with van der Waals surface area (Å²) in [5.41, 5.74) is 0.376. The average Bonchev–Trinajstić information content (AvgIpc) is 2.53. The third kappa shape index (κ3) is 4.28. The Bertz CT molecular complexity index is 577. The maximum atomic E-state index is 11.9. The molecule has 1 fully saturated rings. The molecule has 0 heterocycles. The van der Waals surface area contributed by atoms with Crippen molar-refractivity contribution in [3.63, 3.8) is 0 Å². The molecular formula is C16H19ClN2O3. The van der Waals surface area contributed by atoms with Crippen LogP contribution < -0.4 is 14.8 Å². The Morgan fingerprint density at radius 3 is 2.77 bits per heavy atom. The van der Waals surface area contributed by atoms with Gasteiger partial charge < -0.3 is 14.8 Å². The molecule has 0 atom stereocenters. The van der Waals surface area contributed by atoms with Gasteiger partial charge in [0, 0.05) is 12.1 Å². The van der Waals surface area contributed by atoms with E-state index in [0.29, 0.717) is 11.3 Å². The number of ether oxygens (including phenoxy) is 2. The molecule has 1 aromatic carbocycles. The first-order valence-electron chi connectivity index (χ1n) is 7.34. The maximum absolute atomic E-state index is 11.9. The minimum atomic E-state index is -0.172. The Hall–Kier alpha value is -1.93. The molecule has 0 saturated heterocycles. The highest BCUT2D eigenvalue weighted by Crippen LogP contribution is 2.36. The zero-order valence-electron chi connectivity index (χ0n) is 12.5. The number of nitrogens with zero attached hydrogens (tertiary/aromatic N) is 1. The van der Waals surface area contributed by atoms with E-state index in [1.165, 1.54) is 25.7 Å². The minimum absolute atomic E-state index is 0.127. The molecule has 2 rings (SSSR count). The molecule has 5 nitrogen and oxygen atoms in total. The van der Waals surface area contributed by atoms with Crippen LogP contribution in [0.15, 0.2) is 12.1 Å². The van der Waals surface area contributed by atoms with Crippen LogP contribution in [0.5, 0.6) is 11.5 Å². The van der Waals surface area contributed by atoms with Crippen molar-refractivity contribution in [2.45, 2.75) is 38.1 Å². The van der Waals surface area contributed by atoms with Gasteiger partial charge in [-0.1, -0.05) is 30.9 Å². The van der Waals surface area contributed by atoms with E-state index in [1.54, 1.807) is 0 Å². The molecule has 0 aromatic heterocycles. The molecule has 1 aromatic rings. The smallest absolute Gasteiger partial charge is 0.258 e. The summed E-state index contributed by atoms with van der Waals surface area (Å²) in [4.78, 5) is 11.9. The van der Waals surface area contributed by atoms with Gasteiger partial charge in [-0.25, -0.2) is 0 Å². The topological polar surface area (TPSA) is 71.3 Å². The summed E-state index contributed by atoms with van der Waals surface area (Å²) in [5.74, 6) is 0.450. The summed E-state index contributed by atoms with van der Waals surface area (Å²) >= 11 is 6.08. The Kier molecular flexibility index (Phi) is 5.91. The van der Waals surface area contributed by atoms with Gasteiger partial charge in [-0.3, -0.25) is 4.79 Å². The first kappa shape index (κ1) is 16.4. The van der Waals surface area contributed by atoms with Gasteiger partial charge in [-0.2, -0.15) is 5.26 Å². The van der Waals surface area contributed by atoms with Crippen LogP contribution in [0.25, 0.3) is 0 Å². The van der Waals surface area contributed by atoms with Crippen LogP contribution in [-0.4, -0.2) is 25.7 Å². The number of carbonyl (C=O) groups excluding carboxylic acids is 1. The van der Waals surface area contributed by atoms with Crippen LogP contribution >= 0.6 is 11.6 Å². The van der Waals surface area contributed by atoms with E-state index >= 15 is 0 Å². The summed E-state index contributed by atoms with van der Waals surface area (Å²) < 4.78 is 10.6. The summed E-state index contributed by atoms with van der Waals surface area (Å²) in [7, 11) is 1.46. The van der Waals surface area contributed by atoms with E-state index < -0.39 is 0 Å². The number of nitrogens with one attached hydrogen (secondary N) is 1. The zero-order valence-corrected chi connectivity index (χ0v) is 13.3. The number of benzene rings is 1. The predicted molar refractivity (Wildman–Crippen MR) is 83.2 cm³/mol. The molecule has 0 aliphatic heterocycles. The van der Waals surface area contributed by atoms with Crippen LogP contribution in [0.2, 0.25) is 5.02 Å². The standard InChI is InChI=1S/C16H19ClN2O3/c1-21-14-8-11(9-18)7-13(17)16(14)22-10-15(20)19-12-5-3-2-4-6-12/h7-8,12H,2-6,10H2,1H3,(H,19,20). The molecule has 0 radical (unpaired) electrons. The van der Waals surface area contributed by atoms with Gasteiger partial charge in [0.2, 0.25) is 0 Å². The molecule has 0 spiro atoms. The highest BCUT2D eigenvalue weighted by molar-refractivity contribution is 6.32. The molecule has 1 aliphatic rings. The second kappa shape index (κ2) is 7.90. The summed E-state index contributed by atoms with van der Waals surface area (Å²) in [5, 5.41) is 12.1. The van der Waals surface area contributed by atoms with E-state index in [1.807, 2.05) is 6.07 Å². The van der Waals surface area contributed by atoms with Crippen LogP contribution in [0.3, 0.4) is 0 Å². The quantitative estimate of drug-likeness (QED) is 0.904. The van der Waals surface area contributed by atoms with Crippen molar-refractivity contribution in [2.75, 3.05) is 13.7 Å². The van der Waals surface area contributed by atoms with Gasteiger partial charge in [-0.15, -0.1) is 0 Å². The normalized spacial score (nSPS) is 15.0. The maximum Gasteiger partial charge on any atom is 0.258 e. The Balaban J connectivity index is 1.96. The number of nitriles is 1. The molecule has 0 bridgehead atoms. The Labute approximate surface area is 135 Å². The molecule has 1 N–H and O–H groups in total. The molecular weight excluding hydrogens is 304 g/mol. The van der Waals surface area contributed by atoms with Crippen LogP contribution in [0, 0.1) is 11.3 Å². The molecule has 0 unspecified atom stereocenters. The number of carbonyl (C=O) groups is 1. The van der Waals surface area contributed by atoms with Gasteiger partial charge in [-0.05, 0) is 18.9 Å². The SMILES string of the molecule is COc1cc(C#N)cc(Cl)c1OCC(=O)NC1CCCCC1. The predicted octanol–water partition coefficient (Wildman–Crippen LogP) is 3.05. The number of hydrogen-bond donors (Lipinski definition) is 1. The third-order valence-corrected chi connectivity index (χ3v) is 3.96. The van der Waals surface area contributed by atoms with E-state index in [-0.39, 0.29) is 29.3 Å². The highest BCUT2D eigenvalue weighted by atomic mass is 35.5. The lowest BCUT2D eigenvalue weighted by atomic mass is 9.95. The average molecular weight is 323 g/mol. The number of amides is 1. The fourth-order valence-corrected chi connectivity index (χ4v) is 2.84. The van der Waals surface area contributed by atoms with Crippen molar-refractivity contribution in [3.8, 4) is 17.6 Å². The van der Waals surface area contributed by atoms with Crippen molar-refractivity contribution >= 4 is 17.5 Å². The monoisotopic (exact) mass is 322 g/mol. The molecule has 118 valence electrons. The molecule has 1 saturated carbocycles. The number of halogens is 1. The van der Waals surface area contributed by atoms with E-state index in [9.17, 15) is 4.79 Å². The molecule has 6 heteroatoms. The second-order valence-corrected chi connectivity index (χ2v) is 5.70. The van der Waals surface area contributed by atoms with Crippen molar-refractivity contribution < 1.29 is 14.3 Å². The molecule has 22 heavy (non-hydrogen) atoms. The largest absolute Gasteiger partial charge is 0.493 e. The fourth-order valence-electron chi connectivity index (χ4n) is 2.58. The van der Waals surface area contributed by atoms with Crippen LogP contribution in [0.1, 0.15) is 37.7 Å². The fraction of sp³-hybridized carbons (Fsp3) is 0.500. The molecule has 1 amide bonds. The summed E-state index contributed by atoms with van der Waals surface area (Å²) in [6.07, 6.45) is 5.59. The van der Waals surface area contributed by atoms with Crippen LogP contribution in [-0.2, 0) is 4.79 Å².